The van der Waals surface area contributed by atoms with Crippen molar-refractivity contribution in [3.05, 3.63) is 12.7 Å². The minimum absolute atomic E-state index is 0. The van der Waals surface area contributed by atoms with Gasteiger partial charge in [0, 0.05) is 12.5 Å². The van der Waals surface area contributed by atoms with Crippen LogP contribution in [0.3, 0.4) is 0 Å². The van der Waals surface area contributed by atoms with E-state index in [0.29, 0.717) is 0 Å². The molecule has 0 aromatic heterocycles. The molecule has 0 bridgehead atoms. The predicted molar refractivity (Wildman–Crippen MR) is 36.3 cm³/mol. The third-order valence-electron chi connectivity index (χ3n) is 0.175. The third-order valence-corrected chi connectivity index (χ3v) is 0.175. The monoisotopic (exact) mass is 138 g/mol. The first kappa shape index (κ1) is 15.6. The molecule has 0 aliphatic rings. The smallest absolute Gasteiger partial charge is 0.327 e. The number of alkyl halides is 1. The molecular formula is C5H11ClO2. The van der Waals surface area contributed by atoms with E-state index in [1.807, 2.05) is 0 Å². The van der Waals surface area contributed by atoms with Crippen LogP contribution in [-0.2, 0) is 4.79 Å². The lowest BCUT2D eigenvalue weighted by Crippen LogP contribution is -1.82. The summed E-state index contributed by atoms with van der Waals surface area (Å²) in [6, 6.07) is 0. The first-order valence-corrected chi connectivity index (χ1v) is 2.26. The highest BCUT2D eigenvalue weighted by Gasteiger charge is 1.73. The van der Waals surface area contributed by atoms with E-state index < -0.39 is 5.97 Å². The van der Waals surface area contributed by atoms with Crippen molar-refractivity contribution in [2.45, 2.75) is 7.43 Å². The zero-order valence-electron chi connectivity index (χ0n) is 4.02. The number of hydrogen-bond donors (Lipinski definition) is 1. The van der Waals surface area contributed by atoms with E-state index in [9.17, 15) is 4.79 Å². The van der Waals surface area contributed by atoms with Gasteiger partial charge in [0.1, 0.15) is 0 Å². The third kappa shape index (κ3) is 49.5. The van der Waals surface area contributed by atoms with Crippen LogP contribution in [0.2, 0.25) is 0 Å². The van der Waals surface area contributed by atoms with Crippen LogP contribution in [0.5, 0.6) is 0 Å². The fourth-order valence-electron chi connectivity index (χ4n) is 0. The quantitative estimate of drug-likeness (QED) is 0.443. The SMILES string of the molecule is C.C=CC(=O)O.CCl. The molecule has 1 N–H and O–H groups in total. The summed E-state index contributed by atoms with van der Waals surface area (Å²) in [5, 5.41) is 7.60. The Morgan fingerprint density at radius 1 is 1.75 bits per heavy atom. The topological polar surface area (TPSA) is 37.3 Å². The van der Waals surface area contributed by atoms with Gasteiger partial charge in [0.15, 0.2) is 0 Å². The minimum atomic E-state index is -0.981. The molecule has 0 radical (unpaired) electrons. The molecule has 0 aromatic carbocycles. The van der Waals surface area contributed by atoms with E-state index in [0.717, 1.165) is 6.08 Å². The van der Waals surface area contributed by atoms with Crippen LogP contribution in [0, 0.1) is 0 Å². The minimum Gasteiger partial charge on any atom is -0.478 e. The van der Waals surface area contributed by atoms with Gasteiger partial charge in [0.05, 0.1) is 0 Å². The zero-order valence-corrected chi connectivity index (χ0v) is 4.77. The van der Waals surface area contributed by atoms with Crippen LogP contribution in [0.4, 0.5) is 0 Å². The molecule has 0 heterocycles. The summed E-state index contributed by atoms with van der Waals surface area (Å²) in [5.74, 6) is -0.981. The number of carboxylic acids is 1. The second kappa shape index (κ2) is 16.1. The van der Waals surface area contributed by atoms with E-state index >= 15 is 0 Å². The largest absolute Gasteiger partial charge is 0.478 e. The molecule has 8 heavy (non-hydrogen) atoms. The molecule has 2 nitrogen and oxygen atoms in total. The van der Waals surface area contributed by atoms with E-state index in [2.05, 4.69) is 18.2 Å². The Labute approximate surface area is 54.8 Å². The Kier molecular flexibility index (Phi) is 31.4. The number of hydrogen-bond acceptors (Lipinski definition) is 1. The Bertz CT molecular complexity index is 61.4. The molecule has 0 saturated carbocycles. The molecular weight excluding hydrogens is 128 g/mol. The number of rotatable bonds is 1. The van der Waals surface area contributed by atoms with Gasteiger partial charge in [-0.15, -0.1) is 11.6 Å². The fourth-order valence-corrected chi connectivity index (χ4v) is 0. The molecule has 0 amide bonds. The van der Waals surface area contributed by atoms with Crippen LogP contribution >= 0.6 is 11.6 Å². The van der Waals surface area contributed by atoms with Crippen LogP contribution in [0.15, 0.2) is 12.7 Å². The van der Waals surface area contributed by atoms with E-state index in [1.54, 1.807) is 0 Å². The molecule has 0 atom stereocenters. The van der Waals surface area contributed by atoms with Crippen molar-refractivity contribution in [2.24, 2.45) is 0 Å². The summed E-state index contributed by atoms with van der Waals surface area (Å²) >= 11 is 4.64. The van der Waals surface area contributed by atoms with Crippen LogP contribution < -0.4 is 0 Å². The van der Waals surface area contributed by atoms with Gasteiger partial charge < -0.3 is 5.11 Å². The predicted octanol–water partition coefficient (Wildman–Crippen LogP) is 1.75. The van der Waals surface area contributed by atoms with Gasteiger partial charge in [-0.05, 0) is 0 Å². The van der Waals surface area contributed by atoms with Gasteiger partial charge in [0.25, 0.3) is 0 Å². The maximum Gasteiger partial charge on any atom is 0.327 e. The van der Waals surface area contributed by atoms with Gasteiger partial charge in [-0.1, -0.05) is 14.0 Å². The first-order chi connectivity index (χ1) is 3.27. The molecule has 0 fully saturated rings. The first-order valence-electron chi connectivity index (χ1n) is 1.50. The molecule has 0 rings (SSSR count). The van der Waals surface area contributed by atoms with Crippen LogP contribution in [-0.4, -0.2) is 17.5 Å². The lowest BCUT2D eigenvalue weighted by molar-refractivity contribution is -0.131. The molecule has 0 aliphatic carbocycles. The lowest BCUT2D eigenvalue weighted by Gasteiger charge is -1.64. The summed E-state index contributed by atoms with van der Waals surface area (Å²) in [4.78, 5) is 9.25. The summed E-state index contributed by atoms with van der Waals surface area (Å²) in [6.07, 6.45) is 2.31. The highest BCUT2D eigenvalue weighted by Crippen LogP contribution is 1.54. The van der Waals surface area contributed by atoms with Crippen LogP contribution in [0.25, 0.3) is 0 Å². The second-order valence-corrected chi connectivity index (χ2v) is 0.542. The van der Waals surface area contributed by atoms with Crippen molar-refractivity contribution >= 4 is 17.6 Å². The van der Waals surface area contributed by atoms with E-state index in [1.165, 1.54) is 6.38 Å². The molecule has 0 unspecified atom stereocenters. The molecule has 0 spiro atoms. The number of aliphatic carboxylic acids is 1. The van der Waals surface area contributed by atoms with Gasteiger partial charge in [-0.25, -0.2) is 4.79 Å². The normalized spacial score (nSPS) is 4.75. The highest BCUT2D eigenvalue weighted by atomic mass is 35.5. The molecule has 0 aromatic rings. The fraction of sp³-hybridized carbons (Fsp3) is 0.400. The zero-order chi connectivity index (χ0) is 6.28. The Hall–Kier alpha value is -0.500. The number of carboxylic acid groups (broad SMARTS) is 1. The van der Waals surface area contributed by atoms with Crippen LogP contribution in [0.1, 0.15) is 7.43 Å². The van der Waals surface area contributed by atoms with E-state index in [-0.39, 0.29) is 7.43 Å². The summed E-state index contributed by atoms with van der Waals surface area (Å²) in [6.45, 7) is 2.96. The van der Waals surface area contributed by atoms with Gasteiger partial charge in [0.2, 0.25) is 0 Å². The molecule has 0 saturated heterocycles. The average molecular weight is 139 g/mol. The standard InChI is InChI=1S/C3H4O2.CH3Cl.CH4/c1-2-3(4)5;1-2;/h2H,1H2,(H,4,5);1H3;1H4. The van der Waals surface area contributed by atoms with Gasteiger partial charge >= 0.3 is 5.97 Å². The summed E-state index contributed by atoms with van der Waals surface area (Å²) < 4.78 is 0. The average Bonchev–Trinajstić information content (AvgIpc) is 1.73. The maximum atomic E-state index is 9.25. The summed E-state index contributed by atoms with van der Waals surface area (Å²) in [7, 11) is 0. The molecule has 0 aliphatic heterocycles. The van der Waals surface area contributed by atoms with E-state index in [4.69, 9.17) is 5.11 Å². The van der Waals surface area contributed by atoms with Crippen molar-refractivity contribution in [2.75, 3.05) is 6.38 Å². The maximum absolute atomic E-state index is 9.25. The van der Waals surface area contributed by atoms with Crippen molar-refractivity contribution in [3.8, 4) is 0 Å². The van der Waals surface area contributed by atoms with Gasteiger partial charge in [-0.3, -0.25) is 0 Å². The molecule has 3 heteroatoms. The molecule has 50 valence electrons. The second-order valence-electron chi connectivity index (χ2n) is 0.542. The van der Waals surface area contributed by atoms with Crippen molar-refractivity contribution in [1.29, 1.82) is 0 Å². The van der Waals surface area contributed by atoms with Gasteiger partial charge in [-0.2, -0.15) is 0 Å². The van der Waals surface area contributed by atoms with Crippen molar-refractivity contribution in [3.63, 3.8) is 0 Å². The highest BCUT2D eigenvalue weighted by molar-refractivity contribution is 6.15. The number of halogens is 1. The lowest BCUT2D eigenvalue weighted by atomic mass is 10.7. The van der Waals surface area contributed by atoms with Crippen molar-refractivity contribution in [1.82, 2.24) is 0 Å². The number of carbonyl (C=O) groups is 1. The Morgan fingerprint density at radius 3 is 1.88 bits per heavy atom. The summed E-state index contributed by atoms with van der Waals surface area (Å²) in [5.41, 5.74) is 0. The van der Waals surface area contributed by atoms with Crippen molar-refractivity contribution < 1.29 is 9.90 Å². The Balaban J connectivity index is -0.0000000750. The Morgan fingerprint density at radius 2 is 1.88 bits per heavy atom.